The quantitative estimate of drug-likeness (QED) is 0.473. The molecular weight excluding hydrogens is 286 g/mol. The Morgan fingerprint density at radius 1 is 0.600 bits per heavy atom. The zero-order chi connectivity index (χ0) is 13.9. The molecule has 0 aromatic heterocycles. The van der Waals surface area contributed by atoms with Gasteiger partial charge in [0, 0.05) is 12.3 Å². The first-order chi connectivity index (χ1) is 9.95. The number of para-hydroxylation sites is 2. The van der Waals surface area contributed by atoms with E-state index in [2.05, 4.69) is 0 Å². The van der Waals surface area contributed by atoms with Gasteiger partial charge in [0.05, 0.1) is 17.6 Å². The number of hydrogen-bond acceptors (Lipinski definition) is 2. The lowest BCUT2D eigenvalue weighted by atomic mass is 10.3. The molecule has 2 atom stereocenters. The zero-order valence-electron chi connectivity index (χ0n) is 11.4. The maximum Gasteiger partial charge on any atom is 0.122 e. The third-order valence-electron chi connectivity index (χ3n) is 2.67. The predicted octanol–water partition coefficient (Wildman–Crippen LogP) is 5.11. The number of unbranched alkanes of at least 4 members (excludes halogenated alkanes) is 1. The zero-order valence-corrected chi connectivity index (χ0v) is 13.4. The average molecular weight is 306 g/mol. The first kappa shape index (κ1) is 15.3. The minimum absolute atomic E-state index is 0.557. The Morgan fingerprint density at radius 2 is 1.00 bits per heavy atom. The lowest BCUT2D eigenvalue weighted by Gasteiger charge is -2.06. The van der Waals surface area contributed by atoms with E-state index in [0.29, 0.717) is 17.6 Å². The summed E-state index contributed by atoms with van der Waals surface area (Å²) < 4.78 is 11.4. The van der Waals surface area contributed by atoms with Crippen LogP contribution in [0.2, 0.25) is 0 Å². The summed E-state index contributed by atoms with van der Waals surface area (Å²) >= 11 is 0. The molecule has 0 aliphatic rings. The van der Waals surface area contributed by atoms with Crippen molar-refractivity contribution < 1.29 is 9.05 Å². The van der Waals surface area contributed by atoms with Crippen LogP contribution in [0.5, 0.6) is 11.5 Å². The Balaban J connectivity index is 1.44. The molecule has 0 radical (unpaired) electrons. The summed E-state index contributed by atoms with van der Waals surface area (Å²) in [6.45, 7) is 0. The van der Waals surface area contributed by atoms with Gasteiger partial charge in [-0.1, -0.05) is 36.4 Å². The fourth-order valence-corrected chi connectivity index (χ4v) is 3.24. The van der Waals surface area contributed by atoms with E-state index in [1.807, 2.05) is 60.7 Å². The molecule has 2 aromatic carbocycles. The fraction of sp³-hybridized carbons (Fsp3) is 0.250. The highest BCUT2D eigenvalue weighted by Gasteiger charge is 1.95. The van der Waals surface area contributed by atoms with Gasteiger partial charge in [-0.05, 0) is 37.1 Å². The van der Waals surface area contributed by atoms with Crippen LogP contribution in [0, 0.1) is 0 Å². The number of hydrogen-bond donors (Lipinski definition) is 0. The molecule has 0 aliphatic carbocycles. The molecule has 0 heterocycles. The average Bonchev–Trinajstić information content (AvgIpc) is 2.52. The number of benzene rings is 2. The first-order valence-corrected chi connectivity index (χ1v) is 9.08. The summed E-state index contributed by atoms with van der Waals surface area (Å²) in [5.41, 5.74) is 0. The largest absolute Gasteiger partial charge is 0.477 e. The lowest BCUT2D eigenvalue weighted by molar-refractivity contribution is 0.621. The summed E-state index contributed by atoms with van der Waals surface area (Å²) in [4.78, 5) is 0. The third kappa shape index (κ3) is 6.37. The highest BCUT2D eigenvalue weighted by molar-refractivity contribution is 7.33. The topological polar surface area (TPSA) is 18.5 Å². The van der Waals surface area contributed by atoms with E-state index in [1.165, 1.54) is 12.8 Å². The van der Waals surface area contributed by atoms with Crippen LogP contribution in [0.4, 0.5) is 0 Å². The van der Waals surface area contributed by atoms with E-state index >= 15 is 0 Å². The van der Waals surface area contributed by atoms with Crippen molar-refractivity contribution in [3.63, 3.8) is 0 Å². The Hall–Kier alpha value is -1.10. The molecule has 20 heavy (non-hydrogen) atoms. The summed E-state index contributed by atoms with van der Waals surface area (Å²) in [7, 11) is 1.11. The van der Waals surface area contributed by atoms with Gasteiger partial charge in [0.25, 0.3) is 0 Å². The molecule has 0 amide bonds. The SMILES string of the molecule is c1ccc(OPCCCCPOc2ccccc2)cc1. The van der Waals surface area contributed by atoms with Crippen molar-refractivity contribution in [2.75, 3.05) is 12.3 Å². The molecule has 2 nitrogen and oxygen atoms in total. The monoisotopic (exact) mass is 306 g/mol. The summed E-state index contributed by atoms with van der Waals surface area (Å²) in [6, 6.07) is 20.0. The van der Waals surface area contributed by atoms with Crippen LogP contribution in [0.25, 0.3) is 0 Å². The van der Waals surface area contributed by atoms with E-state index in [1.54, 1.807) is 0 Å². The van der Waals surface area contributed by atoms with Gasteiger partial charge >= 0.3 is 0 Å². The second kappa shape index (κ2) is 9.75. The maximum atomic E-state index is 5.68. The molecule has 0 saturated heterocycles. The Bertz CT molecular complexity index is 417. The standard InChI is InChI=1S/C16H20O2P2/c1-3-9-15(10-4-1)17-19-13-7-8-14-20-18-16-11-5-2-6-12-16/h1-6,9-12,19-20H,7-8,13-14H2. The van der Waals surface area contributed by atoms with E-state index in [4.69, 9.17) is 9.05 Å². The summed E-state index contributed by atoms with van der Waals surface area (Å²) in [6.07, 6.45) is 4.67. The Kier molecular flexibility index (Phi) is 7.45. The minimum atomic E-state index is 0.557. The molecule has 2 aromatic rings. The summed E-state index contributed by atoms with van der Waals surface area (Å²) in [5.74, 6) is 1.94. The van der Waals surface area contributed by atoms with Crippen molar-refractivity contribution in [1.82, 2.24) is 0 Å². The van der Waals surface area contributed by atoms with Crippen molar-refractivity contribution in [2.45, 2.75) is 12.8 Å². The van der Waals surface area contributed by atoms with E-state index in [9.17, 15) is 0 Å². The summed E-state index contributed by atoms with van der Waals surface area (Å²) in [5, 5.41) is 0. The van der Waals surface area contributed by atoms with Gasteiger partial charge in [-0.2, -0.15) is 0 Å². The van der Waals surface area contributed by atoms with Crippen molar-refractivity contribution in [2.24, 2.45) is 0 Å². The van der Waals surface area contributed by atoms with Gasteiger partial charge in [0.2, 0.25) is 0 Å². The van der Waals surface area contributed by atoms with E-state index in [0.717, 1.165) is 23.8 Å². The van der Waals surface area contributed by atoms with Gasteiger partial charge < -0.3 is 9.05 Å². The highest BCUT2D eigenvalue weighted by Crippen LogP contribution is 2.23. The molecule has 0 spiro atoms. The molecule has 0 aliphatic heterocycles. The van der Waals surface area contributed by atoms with Crippen LogP contribution < -0.4 is 9.05 Å². The molecule has 0 N–H and O–H groups in total. The fourth-order valence-electron chi connectivity index (χ4n) is 1.64. The molecule has 2 rings (SSSR count). The Labute approximate surface area is 124 Å². The van der Waals surface area contributed by atoms with E-state index < -0.39 is 0 Å². The molecular formula is C16H20O2P2. The van der Waals surface area contributed by atoms with Crippen LogP contribution >= 0.6 is 17.6 Å². The van der Waals surface area contributed by atoms with E-state index in [-0.39, 0.29) is 0 Å². The smallest absolute Gasteiger partial charge is 0.122 e. The molecule has 4 heteroatoms. The van der Waals surface area contributed by atoms with Gasteiger partial charge in [-0.3, -0.25) is 0 Å². The van der Waals surface area contributed by atoms with Crippen molar-refractivity contribution >= 4 is 17.6 Å². The maximum absolute atomic E-state index is 5.68. The van der Waals surface area contributed by atoms with Crippen molar-refractivity contribution in [3.8, 4) is 11.5 Å². The van der Waals surface area contributed by atoms with Crippen LogP contribution in [0.3, 0.4) is 0 Å². The second-order valence-corrected chi connectivity index (χ2v) is 6.31. The molecule has 2 unspecified atom stereocenters. The lowest BCUT2D eigenvalue weighted by Crippen LogP contribution is -1.87. The minimum Gasteiger partial charge on any atom is -0.477 e. The molecule has 106 valence electrons. The van der Waals surface area contributed by atoms with Gasteiger partial charge in [0.1, 0.15) is 11.5 Å². The van der Waals surface area contributed by atoms with Gasteiger partial charge in [-0.25, -0.2) is 0 Å². The van der Waals surface area contributed by atoms with Crippen LogP contribution in [0.15, 0.2) is 60.7 Å². The van der Waals surface area contributed by atoms with Crippen LogP contribution in [-0.4, -0.2) is 12.3 Å². The van der Waals surface area contributed by atoms with Crippen LogP contribution in [0.1, 0.15) is 12.8 Å². The Morgan fingerprint density at radius 3 is 1.40 bits per heavy atom. The van der Waals surface area contributed by atoms with Gasteiger partial charge in [0.15, 0.2) is 0 Å². The first-order valence-electron chi connectivity index (χ1n) is 6.84. The number of rotatable bonds is 9. The van der Waals surface area contributed by atoms with Crippen molar-refractivity contribution in [3.05, 3.63) is 60.7 Å². The highest BCUT2D eigenvalue weighted by atomic mass is 31.1. The third-order valence-corrected chi connectivity index (χ3v) is 4.55. The van der Waals surface area contributed by atoms with Crippen LogP contribution in [-0.2, 0) is 0 Å². The van der Waals surface area contributed by atoms with Gasteiger partial charge in [-0.15, -0.1) is 0 Å². The van der Waals surface area contributed by atoms with Crippen molar-refractivity contribution in [1.29, 1.82) is 0 Å². The second-order valence-electron chi connectivity index (χ2n) is 4.33. The normalized spacial score (nSPS) is 11.4. The predicted molar refractivity (Wildman–Crippen MR) is 89.7 cm³/mol. The molecule has 0 bridgehead atoms. The molecule has 0 fully saturated rings. The molecule has 0 saturated carbocycles.